The van der Waals surface area contributed by atoms with Gasteiger partial charge in [-0.1, -0.05) is 35.4 Å². The third-order valence-corrected chi connectivity index (χ3v) is 4.17. The molecule has 0 spiro atoms. The van der Waals surface area contributed by atoms with Gasteiger partial charge in [-0.25, -0.2) is 0 Å². The normalized spacial score (nSPS) is 11.3. The molecular formula is C19H20ClNO. The number of aromatic nitrogens is 1. The predicted molar refractivity (Wildman–Crippen MR) is 92.8 cm³/mol. The maximum atomic E-state index is 6.41. The number of aryl methyl sites for hydroxylation is 1. The maximum absolute atomic E-state index is 6.41. The largest absolute Gasteiger partial charge is 0.489 e. The minimum atomic E-state index is 0.383. The molecule has 0 unspecified atom stereocenters. The van der Waals surface area contributed by atoms with Crippen LogP contribution in [-0.4, -0.2) is 4.57 Å². The SMILES string of the molecule is Cc1ccc(OCc2cn(C(C)C)c3cccc(Cl)c23)cc1. The first-order chi connectivity index (χ1) is 10.6. The monoisotopic (exact) mass is 313 g/mol. The van der Waals surface area contributed by atoms with E-state index in [4.69, 9.17) is 16.3 Å². The first-order valence-corrected chi connectivity index (χ1v) is 7.91. The Hall–Kier alpha value is -1.93. The number of ether oxygens (including phenoxy) is 1. The van der Waals surface area contributed by atoms with Crippen molar-refractivity contribution in [1.29, 1.82) is 0 Å². The molecule has 22 heavy (non-hydrogen) atoms. The lowest BCUT2D eigenvalue weighted by Gasteiger charge is -2.08. The Morgan fingerprint density at radius 2 is 1.82 bits per heavy atom. The van der Waals surface area contributed by atoms with Crippen LogP contribution >= 0.6 is 11.6 Å². The van der Waals surface area contributed by atoms with Gasteiger partial charge in [0, 0.05) is 23.2 Å². The molecule has 0 N–H and O–H groups in total. The number of hydrogen-bond acceptors (Lipinski definition) is 1. The molecule has 0 aliphatic heterocycles. The highest BCUT2D eigenvalue weighted by atomic mass is 35.5. The topological polar surface area (TPSA) is 14.2 Å². The van der Waals surface area contributed by atoms with Gasteiger partial charge in [-0.3, -0.25) is 0 Å². The molecule has 0 saturated carbocycles. The van der Waals surface area contributed by atoms with Crippen molar-refractivity contribution < 1.29 is 4.74 Å². The lowest BCUT2D eigenvalue weighted by Crippen LogP contribution is -1.98. The molecule has 0 bridgehead atoms. The molecule has 1 aromatic heterocycles. The summed E-state index contributed by atoms with van der Waals surface area (Å²) in [5, 5.41) is 1.87. The zero-order chi connectivity index (χ0) is 15.7. The minimum absolute atomic E-state index is 0.383. The molecule has 2 nitrogen and oxygen atoms in total. The average Bonchev–Trinajstić information content (AvgIpc) is 2.87. The molecule has 0 atom stereocenters. The number of rotatable bonds is 4. The summed E-state index contributed by atoms with van der Waals surface area (Å²) in [6.45, 7) is 6.93. The molecule has 0 aliphatic carbocycles. The molecular weight excluding hydrogens is 294 g/mol. The smallest absolute Gasteiger partial charge is 0.119 e. The van der Waals surface area contributed by atoms with Crippen LogP contribution in [0.25, 0.3) is 10.9 Å². The van der Waals surface area contributed by atoms with Gasteiger partial charge in [0.05, 0.1) is 10.5 Å². The Kier molecular flexibility index (Phi) is 4.12. The third-order valence-electron chi connectivity index (χ3n) is 3.86. The van der Waals surface area contributed by atoms with Crippen LogP contribution in [0.1, 0.15) is 31.0 Å². The molecule has 0 fully saturated rings. The number of fused-ring (bicyclic) bond motifs is 1. The van der Waals surface area contributed by atoms with Gasteiger partial charge in [-0.15, -0.1) is 0 Å². The fraction of sp³-hybridized carbons (Fsp3) is 0.263. The third kappa shape index (κ3) is 2.84. The number of benzene rings is 2. The van der Waals surface area contributed by atoms with Crippen molar-refractivity contribution in [3.63, 3.8) is 0 Å². The van der Waals surface area contributed by atoms with Crippen molar-refractivity contribution in [2.24, 2.45) is 0 Å². The van der Waals surface area contributed by atoms with Crippen molar-refractivity contribution in [3.05, 3.63) is 64.8 Å². The van der Waals surface area contributed by atoms with Gasteiger partial charge in [-0.05, 0) is 45.0 Å². The zero-order valence-electron chi connectivity index (χ0n) is 13.1. The standard InChI is InChI=1S/C19H20ClNO/c1-13(2)21-11-15(19-17(20)5-4-6-18(19)21)12-22-16-9-7-14(3)8-10-16/h4-11,13H,12H2,1-3H3. The molecule has 3 heteroatoms. The second-order valence-corrected chi connectivity index (χ2v) is 6.30. The molecule has 1 heterocycles. The summed E-state index contributed by atoms with van der Waals surface area (Å²) in [5.74, 6) is 0.878. The second kappa shape index (κ2) is 6.05. The van der Waals surface area contributed by atoms with E-state index in [1.807, 2.05) is 24.3 Å². The van der Waals surface area contributed by atoms with Gasteiger partial charge in [0.2, 0.25) is 0 Å². The lowest BCUT2D eigenvalue weighted by atomic mass is 10.2. The fourth-order valence-electron chi connectivity index (χ4n) is 2.68. The van der Waals surface area contributed by atoms with Gasteiger partial charge in [0.15, 0.2) is 0 Å². The summed E-state index contributed by atoms with van der Waals surface area (Å²) in [4.78, 5) is 0. The molecule has 3 rings (SSSR count). The maximum Gasteiger partial charge on any atom is 0.119 e. The highest BCUT2D eigenvalue weighted by Gasteiger charge is 2.13. The van der Waals surface area contributed by atoms with Crippen LogP contribution in [0.15, 0.2) is 48.7 Å². The molecule has 0 aliphatic rings. The minimum Gasteiger partial charge on any atom is -0.489 e. The molecule has 0 saturated heterocycles. The van der Waals surface area contributed by atoms with Crippen molar-refractivity contribution in [2.75, 3.05) is 0 Å². The first kappa shape index (κ1) is 15.0. The first-order valence-electron chi connectivity index (χ1n) is 7.53. The molecule has 2 aromatic carbocycles. The van der Waals surface area contributed by atoms with E-state index in [1.54, 1.807) is 0 Å². The van der Waals surface area contributed by atoms with Crippen LogP contribution in [0.2, 0.25) is 5.02 Å². The summed E-state index contributed by atoms with van der Waals surface area (Å²) in [6.07, 6.45) is 2.15. The van der Waals surface area contributed by atoms with Crippen molar-refractivity contribution in [3.8, 4) is 5.75 Å². The van der Waals surface area contributed by atoms with E-state index >= 15 is 0 Å². The van der Waals surface area contributed by atoms with E-state index in [9.17, 15) is 0 Å². The van der Waals surface area contributed by atoms with E-state index in [2.05, 4.69) is 49.7 Å². The Labute approximate surface area is 136 Å². The highest BCUT2D eigenvalue weighted by Crippen LogP contribution is 2.31. The van der Waals surface area contributed by atoms with E-state index in [1.165, 1.54) is 5.56 Å². The van der Waals surface area contributed by atoms with Crippen LogP contribution in [0.3, 0.4) is 0 Å². The summed E-state index contributed by atoms with van der Waals surface area (Å²) in [5.41, 5.74) is 3.51. The number of halogens is 1. The summed E-state index contributed by atoms with van der Waals surface area (Å²) >= 11 is 6.41. The van der Waals surface area contributed by atoms with Crippen LogP contribution in [0.4, 0.5) is 0 Å². The summed E-state index contributed by atoms with van der Waals surface area (Å²) < 4.78 is 8.18. The van der Waals surface area contributed by atoms with E-state index < -0.39 is 0 Å². The lowest BCUT2D eigenvalue weighted by molar-refractivity contribution is 0.307. The van der Waals surface area contributed by atoms with Crippen molar-refractivity contribution in [2.45, 2.75) is 33.4 Å². The van der Waals surface area contributed by atoms with Crippen LogP contribution in [0.5, 0.6) is 5.75 Å². The van der Waals surface area contributed by atoms with Crippen LogP contribution in [0, 0.1) is 6.92 Å². The summed E-state index contributed by atoms with van der Waals surface area (Å²) in [7, 11) is 0. The molecule has 0 radical (unpaired) electrons. The van der Waals surface area contributed by atoms with E-state index in [0.29, 0.717) is 12.6 Å². The van der Waals surface area contributed by atoms with E-state index in [-0.39, 0.29) is 0 Å². The van der Waals surface area contributed by atoms with Gasteiger partial charge < -0.3 is 9.30 Å². The van der Waals surface area contributed by atoms with Crippen LogP contribution in [-0.2, 0) is 6.61 Å². The Morgan fingerprint density at radius 1 is 1.09 bits per heavy atom. The fourth-order valence-corrected chi connectivity index (χ4v) is 2.97. The zero-order valence-corrected chi connectivity index (χ0v) is 13.9. The van der Waals surface area contributed by atoms with Gasteiger partial charge >= 0.3 is 0 Å². The van der Waals surface area contributed by atoms with Gasteiger partial charge in [0.1, 0.15) is 12.4 Å². The predicted octanol–water partition coefficient (Wildman–Crippen LogP) is 5.76. The molecule has 114 valence electrons. The van der Waals surface area contributed by atoms with Crippen LogP contribution < -0.4 is 4.74 Å². The number of hydrogen-bond donors (Lipinski definition) is 0. The number of nitrogens with zero attached hydrogens (tertiary/aromatic N) is 1. The molecule has 3 aromatic rings. The van der Waals surface area contributed by atoms with E-state index in [0.717, 1.165) is 27.2 Å². The Balaban J connectivity index is 1.94. The Bertz CT molecular complexity index is 787. The second-order valence-electron chi connectivity index (χ2n) is 5.89. The Morgan fingerprint density at radius 3 is 2.50 bits per heavy atom. The molecule has 0 amide bonds. The summed E-state index contributed by atoms with van der Waals surface area (Å²) in [6, 6.07) is 14.5. The average molecular weight is 314 g/mol. The highest BCUT2D eigenvalue weighted by molar-refractivity contribution is 6.35. The van der Waals surface area contributed by atoms with Crippen molar-refractivity contribution in [1.82, 2.24) is 4.57 Å². The van der Waals surface area contributed by atoms with Gasteiger partial charge in [0.25, 0.3) is 0 Å². The van der Waals surface area contributed by atoms with Crippen molar-refractivity contribution >= 4 is 22.5 Å². The quantitative estimate of drug-likeness (QED) is 0.597. The van der Waals surface area contributed by atoms with Gasteiger partial charge in [-0.2, -0.15) is 0 Å².